The first-order chi connectivity index (χ1) is 3.30. The van der Waals surface area contributed by atoms with Crippen molar-refractivity contribution in [2.75, 3.05) is 6.54 Å². The van der Waals surface area contributed by atoms with E-state index in [0.29, 0.717) is 0 Å². The fraction of sp³-hybridized carbons (Fsp3) is 1.00. The van der Waals surface area contributed by atoms with E-state index in [4.69, 9.17) is 11.6 Å². The molecule has 1 atom stereocenters. The van der Waals surface area contributed by atoms with E-state index < -0.39 is 0 Å². The van der Waals surface area contributed by atoms with Crippen molar-refractivity contribution in [1.29, 1.82) is 0 Å². The summed E-state index contributed by atoms with van der Waals surface area (Å²) in [5.74, 6) is 5.39. The number of nitrogens with two attached hydrogens (primary N) is 2. The van der Waals surface area contributed by atoms with Crippen LogP contribution in [0, 0.1) is 0 Å². The van der Waals surface area contributed by atoms with E-state index in [1.54, 1.807) is 5.01 Å². The summed E-state index contributed by atoms with van der Waals surface area (Å²) in [6, 6.07) is 0. The molecule has 1 heterocycles. The van der Waals surface area contributed by atoms with Crippen LogP contribution in [-0.4, -0.2) is 17.7 Å². The minimum absolute atomic E-state index is 0.125. The number of hydrazine groups is 1. The van der Waals surface area contributed by atoms with Gasteiger partial charge in [0.15, 0.2) is 0 Å². The maximum Gasteiger partial charge on any atom is 0.0705 e. The van der Waals surface area contributed by atoms with E-state index in [1.165, 1.54) is 0 Å². The van der Waals surface area contributed by atoms with E-state index in [-0.39, 0.29) is 6.17 Å². The van der Waals surface area contributed by atoms with Crippen molar-refractivity contribution in [3.05, 3.63) is 0 Å². The number of nitrogens with zero attached hydrogens (tertiary/aromatic N) is 1. The van der Waals surface area contributed by atoms with Gasteiger partial charge in [-0.2, -0.15) is 0 Å². The van der Waals surface area contributed by atoms with E-state index in [9.17, 15) is 0 Å². The minimum atomic E-state index is 0.125. The van der Waals surface area contributed by atoms with Crippen LogP contribution in [0.15, 0.2) is 0 Å². The van der Waals surface area contributed by atoms with Gasteiger partial charge in [0.2, 0.25) is 0 Å². The molecule has 4 N–H and O–H groups in total. The van der Waals surface area contributed by atoms with Crippen molar-refractivity contribution in [3.8, 4) is 0 Å². The van der Waals surface area contributed by atoms with Gasteiger partial charge in [-0.3, -0.25) is 5.84 Å². The first kappa shape index (κ1) is 5.03. The summed E-state index contributed by atoms with van der Waals surface area (Å²) < 4.78 is 0. The Morgan fingerprint density at radius 2 is 2.29 bits per heavy atom. The van der Waals surface area contributed by atoms with Gasteiger partial charge in [-0.1, -0.05) is 0 Å². The molecule has 1 rings (SSSR count). The number of rotatable bonds is 0. The molecule has 0 radical (unpaired) electrons. The first-order valence-corrected chi connectivity index (χ1v) is 2.57. The predicted octanol–water partition coefficient (Wildman–Crippen LogP) is -0.759. The second-order valence-electron chi connectivity index (χ2n) is 1.95. The summed E-state index contributed by atoms with van der Waals surface area (Å²) in [5, 5.41) is 1.68. The Bertz CT molecular complexity index is 56.0. The maximum absolute atomic E-state index is 5.48. The lowest BCUT2D eigenvalue weighted by atomic mass is 10.3. The second kappa shape index (κ2) is 1.78. The SMILES string of the molecule is N[C@@H]1CCCN1N. The molecule has 0 aliphatic carbocycles. The Morgan fingerprint density at radius 3 is 2.43 bits per heavy atom. The highest BCUT2D eigenvalue weighted by molar-refractivity contribution is 4.67. The van der Waals surface area contributed by atoms with E-state index in [1.807, 2.05) is 0 Å². The summed E-state index contributed by atoms with van der Waals surface area (Å²) in [6.45, 7) is 0.959. The van der Waals surface area contributed by atoms with Gasteiger partial charge in [0.25, 0.3) is 0 Å². The largest absolute Gasteiger partial charge is 0.315 e. The van der Waals surface area contributed by atoms with E-state index in [0.717, 1.165) is 19.4 Å². The van der Waals surface area contributed by atoms with Crippen LogP contribution in [0.2, 0.25) is 0 Å². The zero-order valence-corrected chi connectivity index (χ0v) is 4.30. The lowest BCUT2D eigenvalue weighted by molar-refractivity contribution is 0.268. The molecule has 0 saturated carbocycles. The van der Waals surface area contributed by atoms with Crippen molar-refractivity contribution in [3.63, 3.8) is 0 Å². The number of hydrogen-bond acceptors (Lipinski definition) is 3. The third-order valence-corrected chi connectivity index (χ3v) is 1.34. The Labute approximate surface area is 43.2 Å². The van der Waals surface area contributed by atoms with Crippen LogP contribution in [0.3, 0.4) is 0 Å². The van der Waals surface area contributed by atoms with Gasteiger partial charge in [-0.25, -0.2) is 5.01 Å². The monoisotopic (exact) mass is 101 g/mol. The molecule has 1 aliphatic heterocycles. The highest BCUT2D eigenvalue weighted by atomic mass is 15.5. The maximum atomic E-state index is 5.48. The molecule has 1 saturated heterocycles. The summed E-state index contributed by atoms with van der Waals surface area (Å²) in [7, 11) is 0. The molecule has 0 unspecified atom stereocenters. The molecule has 7 heavy (non-hydrogen) atoms. The standard InChI is InChI=1S/C4H11N3/c5-4-2-1-3-7(4)6/h4H,1-3,5-6H2/t4-/m0/s1. The molecular weight excluding hydrogens is 90.1 g/mol. The van der Waals surface area contributed by atoms with Crippen molar-refractivity contribution in [2.24, 2.45) is 11.6 Å². The third-order valence-electron chi connectivity index (χ3n) is 1.34. The molecule has 1 fully saturated rings. The van der Waals surface area contributed by atoms with Gasteiger partial charge in [0.1, 0.15) is 0 Å². The molecular formula is C4H11N3. The Hall–Kier alpha value is -0.120. The van der Waals surface area contributed by atoms with Crippen LogP contribution in [0.1, 0.15) is 12.8 Å². The Balaban J connectivity index is 2.33. The predicted molar refractivity (Wildman–Crippen MR) is 28.1 cm³/mol. The lowest BCUT2D eigenvalue weighted by Crippen LogP contribution is -2.41. The highest BCUT2D eigenvalue weighted by Gasteiger charge is 2.15. The van der Waals surface area contributed by atoms with Crippen LogP contribution in [-0.2, 0) is 0 Å². The Morgan fingerprint density at radius 1 is 1.57 bits per heavy atom. The lowest BCUT2D eigenvalue weighted by Gasteiger charge is -2.11. The summed E-state index contributed by atoms with van der Waals surface area (Å²) >= 11 is 0. The van der Waals surface area contributed by atoms with Gasteiger partial charge in [0, 0.05) is 6.54 Å². The summed E-state index contributed by atoms with van der Waals surface area (Å²) in [6.07, 6.45) is 2.33. The summed E-state index contributed by atoms with van der Waals surface area (Å²) in [5.41, 5.74) is 5.48. The van der Waals surface area contributed by atoms with Gasteiger partial charge in [-0.05, 0) is 12.8 Å². The average molecular weight is 101 g/mol. The van der Waals surface area contributed by atoms with Crippen molar-refractivity contribution in [2.45, 2.75) is 19.0 Å². The van der Waals surface area contributed by atoms with Crippen molar-refractivity contribution >= 4 is 0 Å². The van der Waals surface area contributed by atoms with Crippen molar-refractivity contribution in [1.82, 2.24) is 5.01 Å². The van der Waals surface area contributed by atoms with Gasteiger partial charge >= 0.3 is 0 Å². The third kappa shape index (κ3) is 0.907. The zero-order chi connectivity index (χ0) is 5.28. The molecule has 1 aliphatic rings. The van der Waals surface area contributed by atoms with Crippen LogP contribution < -0.4 is 11.6 Å². The molecule has 42 valence electrons. The van der Waals surface area contributed by atoms with E-state index >= 15 is 0 Å². The normalized spacial score (nSPS) is 34.3. The molecule has 0 bridgehead atoms. The molecule has 0 aromatic carbocycles. The molecule has 0 amide bonds. The molecule has 0 aromatic rings. The van der Waals surface area contributed by atoms with Crippen LogP contribution in [0.25, 0.3) is 0 Å². The fourth-order valence-corrected chi connectivity index (χ4v) is 0.815. The van der Waals surface area contributed by atoms with Gasteiger partial charge in [0.05, 0.1) is 6.17 Å². The topological polar surface area (TPSA) is 55.3 Å². The second-order valence-corrected chi connectivity index (χ2v) is 1.95. The van der Waals surface area contributed by atoms with Crippen molar-refractivity contribution < 1.29 is 0 Å². The molecule has 0 aromatic heterocycles. The zero-order valence-electron chi connectivity index (χ0n) is 4.30. The van der Waals surface area contributed by atoms with Gasteiger partial charge in [-0.15, -0.1) is 0 Å². The summed E-state index contributed by atoms with van der Waals surface area (Å²) in [4.78, 5) is 0. The average Bonchev–Trinajstić information content (AvgIpc) is 1.91. The van der Waals surface area contributed by atoms with Crippen LogP contribution >= 0.6 is 0 Å². The molecule has 3 nitrogen and oxygen atoms in total. The molecule has 0 spiro atoms. The smallest absolute Gasteiger partial charge is 0.0705 e. The first-order valence-electron chi connectivity index (χ1n) is 2.57. The van der Waals surface area contributed by atoms with Crippen LogP contribution in [0.4, 0.5) is 0 Å². The quantitative estimate of drug-likeness (QED) is 0.394. The highest BCUT2D eigenvalue weighted by Crippen LogP contribution is 2.06. The number of hydrogen-bond donors (Lipinski definition) is 2. The van der Waals surface area contributed by atoms with E-state index in [2.05, 4.69) is 0 Å². The fourth-order valence-electron chi connectivity index (χ4n) is 0.815. The van der Waals surface area contributed by atoms with Gasteiger partial charge < -0.3 is 5.73 Å². The Kier molecular flexibility index (Phi) is 1.27. The minimum Gasteiger partial charge on any atom is -0.315 e. The molecule has 3 heteroatoms. The van der Waals surface area contributed by atoms with Crippen LogP contribution in [0.5, 0.6) is 0 Å².